The number of hydrogen-bond acceptors (Lipinski definition) is 7. The van der Waals surface area contributed by atoms with E-state index in [2.05, 4.69) is 111 Å². The highest BCUT2D eigenvalue weighted by Crippen LogP contribution is 2.38. The Bertz CT molecular complexity index is 1710. The number of unbranched alkanes of at least 4 members (excludes halogenated alkanes) is 31. The fourth-order valence-electron chi connectivity index (χ4n) is 9.36. The Morgan fingerprint density at radius 2 is 0.827 bits per heavy atom. The van der Waals surface area contributed by atoms with Crippen molar-refractivity contribution in [3.8, 4) is 0 Å². The first-order chi connectivity index (χ1) is 39.4. The number of quaternary nitrogens is 1. The lowest BCUT2D eigenvalue weighted by Gasteiger charge is -2.30. The molecule has 0 bridgehead atoms. The third-order valence-corrected chi connectivity index (χ3v) is 15.5. The van der Waals surface area contributed by atoms with Crippen molar-refractivity contribution in [2.24, 2.45) is 0 Å². The number of amides is 1. The van der Waals surface area contributed by atoms with Crippen molar-refractivity contribution < 1.29 is 37.3 Å². The van der Waals surface area contributed by atoms with Crippen LogP contribution in [0.25, 0.3) is 0 Å². The summed E-state index contributed by atoms with van der Waals surface area (Å²) in [6.07, 6.45) is 81.0. The molecule has 0 aliphatic carbocycles. The minimum absolute atomic E-state index is 0.0311. The van der Waals surface area contributed by atoms with Crippen molar-refractivity contribution in [3.05, 3.63) is 97.2 Å². The molecule has 468 valence electrons. The maximum absolute atomic E-state index is 13.5. The molecular formula is C71H127N2O7P. The van der Waals surface area contributed by atoms with E-state index in [1.54, 1.807) is 0 Å². The fourth-order valence-corrected chi connectivity index (χ4v) is 10.1. The Morgan fingerprint density at radius 3 is 1.27 bits per heavy atom. The van der Waals surface area contributed by atoms with Gasteiger partial charge in [0.1, 0.15) is 19.3 Å². The van der Waals surface area contributed by atoms with Crippen LogP contribution in [0.2, 0.25) is 0 Å². The minimum Gasteiger partial charge on any atom is -0.756 e. The van der Waals surface area contributed by atoms with Gasteiger partial charge in [0.05, 0.1) is 33.8 Å². The Hall–Kier alpha value is -3.07. The van der Waals surface area contributed by atoms with Gasteiger partial charge in [0.15, 0.2) is 0 Å². The lowest BCUT2D eigenvalue weighted by Crippen LogP contribution is -2.47. The van der Waals surface area contributed by atoms with Crippen LogP contribution in [-0.2, 0) is 27.9 Å². The van der Waals surface area contributed by atoms with E-state index in [0.29, 0.717) is 17.4 Å². The van der Waals surface area contributed by atoms with E-state index >= 15 is 0 Å². The van der Waals surface area contributed by atoms with Crippen LogP contribution in [0.1, 0.15) is 290 Å². The SMILES string of the molecule is CC/C=C\C/C=C\C/C=C\C/C=C\C/C=C\CCCCCCCCCCCCCC(=O)OC(/C=C\CCCCCCCCCCCC)C(COP(=O)([O-])OCC[N+](C)(C)C)NC(=O)CCCCC/C=C/C=C/CCCCCCCCC. The number of phosphoric ester groups is 1. The van der Waals surface area contributed by atoms with Crippen molar-refractivity contribution in [2.45, 2.75) is 303 Å². The maximum Gasteiger partial charge on any atom is 0.306 e. The van der Waals surface area contributed by atoms with E-state index in [1.807, 2.05) is 33.3 Å². The molecule has 0 aliphatic rings. The van der Waals surface area contributed by atoms with Crippen LogP contribution in [-0.4, -0.2) is 69.4 Å². The van der Waals surface area contributed by atoms with E-state index < -0.39 is 26.6 Å². The second kappa shape index (κ2) is 60.1. The van der Waals surface area contributed by atoms with Crippen LogP contribution < -0.4 is 10.2 Å². The Morgan fingerprint density at radius 1 is 0.457 bits per heavy atom. The third kappa shape index (κ3) is 61.3. The number of phosphoric acid groups is 1. The second-order valence-corrected chi connectivity index (χ2v) is 25.0. The summed E-state index contributed by atoms with van der Waals surface area (Å²) in [4.78, 5) is 40.1. The van der Waals surface area contributed by atoms with Gasteiger partial charge in [-0.3, -0.25) is 14.2 Å². The summed E-state index contributed by atoms with van der Waals surface area (Å²) in [5, 5.41) is 3.02. The van der Waals surface area contributed by atoms with Crippen LogP contribution in [0.15, 0.2) is 97.2 Å². The van der Waals surface area contributed by atoms with Crippen LogP contribution >= 0.6 is 7.82 Å². The molecule has 3 unspecified atom stereocenters. The monoisotopic (exact) mass is 1150 g/mol. The van der Waals surface area contributed by atoms with E-state index in [0.717, 1.165) is 109 Å². The minimum atomic E-state index is -4.71. The van der Waals surface area contributed by atoms with Crippen molar-refractivity contribution in [1.82, 2.24) is 5.32 Å². The van der Waals surface area contributed by atoms with Gasteiger partial charge in [-0.05, 0) is 102 Å². The van der Waals surface area contributed by atoms with Crippen molar-refractivity contribution in [1.29, 1.82) is 0 Å². The van der Waals surface area contributed by atoms with Gasteiger partial charge in [0.25, 0.3) is 7.82 Å². The Labute approximate surface area is 500 Å². The number of ether oxygens (including phenoxy) is 1. The second-order valence-electron chi connectivity index (χ2n) is 23.6. The van der Waals surface area contributed by atoms with E-state index in [4.69, 9.17) is 13.8 Å². The number of carbonyl (C=O) groups is 2. The summed E-state index contributed by atoms with van der Waals surface area (Å²) in [6.45, 7) is 6.71. The average Bonchev–Trinajstić information content (AvgIpc) is 3.44. The van der Waals surface area contributed by atoms with Gasteiger partial charge < -0.3 is 28.5 Å². The number of nitrogens with zero attached hydrogens (tertiary/aromatic N) is 1. The molecule has 0 saturated carbocycles. The van der Waals surface area contributed by atoms with Crippen LogP contribution in [0.4, 0.5) is 0 Å². The van der Waals surface area contributed by atoms with Crippen LogP contribution in [0, 0.1) is 0 Å². The van der Waals surface area contributed by atoms with Gasteiger partial charge in [-0.2, -0.15) is 0 Å². The van der Waals surface area contributed by atoms with Gasteiger partial charge in [0, 0.05) is 12.8 Å². The first kappa shape index (κ1) is 77.9. The molecule has 0 aromatic rings. The molecule has 0 aliphatic heterocycles. The van der Waals surface area contributed by atoms with Crippen molar-refractivity contribution in [2.75, 3.05) is 40.9 Å². The summed E-state index contributed by atoms with van der Waals surface area (Å²) in [7, 11) is 1.16. The van der Waals surface area contributed by atoms with Gasteiger partial charge in [-0.1, -0.05) is 272 Å². The molecule has 81 heavy (non-hydrogen) atoms. The van der Waals surface area contributed by atoms with Gasteiger partial charge in [-0.25, -0.2) is 0 Å². The molecule has 0 heterocycles. The normalized spacial score (nSPS) is 14.2. The molecular weight excluding hydrogens is 1020 g/mol. The molecule has 0 spiro atoms. The molecule has 0 fully saturated rings. The Kier molecular flexibility index (Phi) is 57.8. The zero-order valence-corrected chi connectivity index (χ0v) is 54.4. The number of allylic oxidation sites excluding steroid dienone is 15. The van der Waals surface area contributed by atoms with Crippen LogP contribution in [0.3, 0.4) is 0 Å². The summed E-state index contributed by atoms with van der Waals surface area (Å²) in [5.41, 5.74) is 0. The molecule has 1 N–H and O–H groups in total. The zero-order valence-electron chi connectivity index (χ0n) is 53.5. The smallest absolute Gasteiger partial charge is 0.306 e. The molecule has 10 heteroatoms. The first-order valence-corrected chi connectivity index (χ1v) is 35.0. The summed E-state index contributed by atoms with van der Waals surface area (Å²) >= 11 is 0. The number of rotatable bonds is 60. The lowest BCUT2D eigenvalue weighted by molar-refractivity contribution is -0.870. The quantitative estimate of drug-likeness (QED) is 0.0161. The van der Waals surface area contributed by atoms with Crippen molar-refractivity contribution >= 4 is 19.7 Å². The van der Waals surface area contributed by atoms with E-state index in [-0.39, 0.29) is 31.3 Å². The predicted octanol–water partition coefficient (Wildman–Crippen LogP) is 20.5. The average molecular weight is 1150 g/mol. The van der Waals surface area contributed by atoms with Gasteiger partial charge >= 0.3 is 5.97 Å². The number of carbonyl (C=O) groups excluding carboxylic acids is 2. The summed E-state index contributed by atoms with van der Waals surface area (Å²) in [6, 6.07) is -0.908. The molecule has 0 saturated heterocycles. The number of esters is 1. The molecule has 0 aromatic heterocycles. The highest BCUT2D eigenvalue weighted by atomic mass is 31.2. The highest BCUT2D eigenvalue weighted by Gasteiger charge is 2.27. The Balaban J connectivity index is 5.12. The molecule has 1 amide bonds. The number of likely N-dealkylation sites (N-methyl/N-ethyl adjacent to an activating group) is 1. The van der Waals surface area contributed by atoms with E-state index in [9.17, 15) is 19.0 Å². The molecule has 0 radical (unpaired) electrons. The van der Waals surface area contributed by atoms with Gasteiger partial charge in [0.2, 0.25) is 5.91 Å². The number of hydrogen-bond donors (Lipinski definition) is 1. The molecule has 0 rings (SSSR count). The lowest BCUT2D eigenvalue weighted by atomic mass is 10.0. The largest absolute Gasteiger partial charge is 0.756 e. The van der Waals surface area contributed by atoms with Crippen LogP contribution in [0.5, 0.6) is 0 Å². The first-order valence-electron chi connectivity index (χ1n) is 33.6. The zero-order chi connectivity index (χ0) is 59.3. The van der Waals surface area contributed by atoms with Gasteiger partial charge in [-0.15, -0.1) is 0 Å². The molecule has 0 aromatic carbocycles. The van der Waals surface area contributed by atoms with E-state index in [1.165, 1.54) is 141 Å². The molecule has 9 nitrogen and oxygen atoms in total. The maximum atomic E-state index is 13.5. The number of nitrogens with one attached hydrogen (secondary N) is 1. The fraction of sp³-hybridized carbons (Fsp3) is 0.746. The standard InChI is InChI=1S/C71H127N2O7P/c1-7-10-13-16-19-22-25-28-30-32-33-34-35-36-37-38-39-40-41-42-44-46-49-52-55-58-61-64-71(75)80-69(62-59-56-53-50-47-27-24-21-18-15-12-9-3)68(67-79-81(76,77)78-66-65-73(4,5)6)72-70(74)63-60-57-54-51-48-45-43-31-29-26-23-20-17-14-11-8-2/h10,13,19,22,28,30-31,33-34,36-37,43,45,48,59,62,68-69H,7-9,11-12,14-18,20-21,23-27,29,32,35,38-42,44,46-47,49-58,60-61,63-67H2,1-6H3,(H-,72,74,76,77)/b13-10-,22-19-,30-28-,34-33-,37-36-,43-31+,48-45+,62-59-. The third-order valence-electron chi connectivity index (χ3n) is 14.5. The summed E-state index contributed by atoms with van der Waals surface area (Å²) < 4.78 is 30.4. The summed E-state index contributed by atoms with van der Waals surface area (Å²) in [5.74, 6) is -0.574. The highest BCUT2D eigenvalue weighted by molar-refractivity contribution is 7.45. The van der Waals surface area contributed by atoms with Crippen molar-refractivity contribution in [3.63, 3.8) is 0 Å². The molecule has 3 atom stereocenters. The topological polar surface area (TPSA) is 114 Å². The predicted molar refractivity (Wildman–Crippen MR) is 348 cm³/mol.